The molecule has 5 atom stereocenters. The Morgan fingerprint density at radius 1 is 0.947 bits per heavy atom. The molecule has 0 aromatic carbocycles. The van der Waals surface area contributed by atoms with Gasteiger partial charge in [0.1, 0.15) is 6.61 Å². The molecule has 0 aliphatic heterocycles. The van der Waals surface area contributed by atoms with Crippen molar-refractivity contribution in [2.45, 2.75) is 26.2 Å². The summed E-state index contributed by atoms with van der Waals surface area (Å²) in [5.41, 5.74) is 0. The Balaban J connectivity index is 1.28. The first-order chi connectivity index (χ1) is 9.31. The van der Waals surface area contributed by atoms with Gasteiger partial charge in [0.05, 0.1) is 25.7 Å². The van der Waals surface area contributed by atoms with Gasteiger partial charge in [-0.15, -0.1) is 0 Å². The summed E-state index contributed by atoms with van der Waals surface area (Å²) in [7, 11) is 0. The molecule has 5 unspecified atom stereocenters. The molecule has 3 aliphatic rings. The van der Waals surface area contributed by atoms with Gasteiger partial charge in [-0.3, -0.25) is 4.79 Å². The fraction of sp³-hybridized carbons (Fsp3) is 0.933. The van der Waals surface area contributed by atoms with Crippen LogP contribution in [0.1, 0.15) is 26.2 Å². The van der Waals surface area contributed by atoms with Crippen LogP contribution >= 0.6 is 0 Å². The lowest BCUT2D eigenvalue weighted by Gasteiger charge is -2.19. The highest BCUT2D eigenvalue weighted by atomic mass is 16.6. The third-order valence-corrected chi connectivity index (χ3v) is 5.05. The van der Waals surface area contributed by atoms with Crippen LogP contribution in [0.25, 0.3) is 0 Å². The molecule has 3 saturated carbocycles. The molecular weight excluding hydrogens is 244 g/mol. The zero-order valence-electron chi connectivity index (χ0n) is 11.7. The zero-order chi connectivity index (χ0) is 13.2. The maximum atomic E-state index is 12.0. The van der Waals surface area contributed by atoms with Gasteiger partial charge in [-0.1, -0.05) is 0 Å². The van der Waals surface area contributed by atoms with E-state index in [1.165, 1.54) is 12.8 Å². The van der Waals surface area contributed by atoms with E-state index >= 15 is 0 Å². The van der Waals surface area contributed by atoms with Gasteiger partial charge < -0.3 is 14.2 Å². The first-order valence-electron chi connectivity index (χ1n) is 7.63. The SMILES string of the molecule is CCOCCOCCOC(=O)C1CC2CC1C1CC21. The summed E-state index contributed by atoms with van der Waals surface area (Å²) in [6.45, 7) is 4.72. The molecule has 0 spiro atoms. The van der Waals surface area contributed by atoms with Gasteiger partial charge in [-0.2, -0.15) is 0 Å². The van der Waals surface area contributed by atoms with Crippen molar-refractivity contribution in [3.63, 3.8) is 0 Å². The molecule has 108 valence electrons. The van der Waals surface area contributed by atoms with Gasteiger partial charge in [-0.05, 0) is 49.9 Å². The second kappa shape index (κ2) is 5.80. The largest absolute Gasteiger partial charge is 0.463 e. The second-order valence-corrected chi connectivity index (χ2v) is 6.04. The Hall–Kier alpha value is -0.610. The van der Waals surface area contributed by atoms with Gasteiger partial charge in [0.2, 0.25) is 0 Å². The van der Waals surface area contributed by atoms with E-state index in [0.29, 0.717) is 39.0 Å². The van der Waals surface area contributed by atoms with Crippen molar-refractivity contribution in [1.29, 1.82) is 0 Å². The quantitative estimate of drug-likeness (QED) is 0.498. The summed E-state index contributed by atoms with van der Waals surface area (Å²) in [6.07, 6.45) is 3.73. The predicted octanol–water partition coefficient (Wildman–Crippen LogP) is 1.87. The average Bonchev–Trinajstić information content (AvgIpc) is 3.02. The van der Waals surface area contributed by atoms with Crippen molar-refractivity contribution in [2.24, 2.45) is 29.6 Å². The monoisotopic (exact) mass is 268 g/mol. The summed E-state index contributed by atoms with van der Waals surface area (Å²) in [6, 6.07) is 0. The fourth-order valence-corrected chi connectivity index (χ4v) is 4.15. The highest BCUT2D eigenvalue weighted by Crippen LogP contribution is 2.67. The van der Waals surface area contributed by atoms with Crippen LogP contribution in [-0.2, 0) is 19.0 Å². The molecule has 2 bridgehead atoms. The Morgan fingerprint density at radius 3 is 2.47 bits per heavy atom. The number of carbonyl (C=O) groups excluding carboxylic acids is 1. The van der Waals surface area contributed by atoms with E-state index in [1.807, 2.05) is 6.92 Å². The summed E-state index contributed by atoms with van der Waals surface area (Å²) in [5.74, 6) is 3.51. The predicted molar refractivity (Wildman–Crippen MR) is 69.6 cm³/mol. The minimum atomic E-state index is 0.0197. The molecule has 3 rings (SSSR count). The Kier molecular flexibility index (Phi) is 4.08. The summed E-state index contributed by atoms with van der Waals surface area (Å²) >= 11 is 0. The van der Waals surface area contributed by atoms with E-state index in [1.54, 1.807) is 0 Å². The first kappa shape index (κ1) is 13.4. The highest BCUT2D eigenvalue weighted by molar-refractivity contribution is 5.73. The average molecular weight is 268 g/mol. The molecule has 0 saturated heterocycles. The molecule has 0 aromatic rings. The number of fused-ring (bicyclic) bond motifs is 5. The lowest BCUT2D eigenvalue weighted by atomic mass is 9.89. The fourth-order valence-electron chi connectivity index (χ4n) is 4.15. The Morgan fingerprint density at radius 2 is 1.74 bits per heavy atom. The number of hydrogen-bond donors (Lipinski definition) is 0. The topological polar surface area (TPSA) is 44.8 Å². The molecule has 4 nitrogen and oxygen atoms in total. The van der Waals surface area contributed by atoms with Crippen molar-refractivity contribution in [1.82, 2.24) is 0 Å². The van der Waals surface area contributed by atoms with E-state index in [-0.39, 0.29) is 11.9 Å². The molecule has 3 fully saturated rings. The van der Waals surface area contributed by atoms with Crippen molar-refractivity contribution in [3.8, 4) is 0 Å². The number of hydrogen-bond acceptors (Lipinski definition) is 4. The van der Waals surface area contributed by atoms with Crippen LogP contribution in [0.5, 0.6) is 0 Å². The van der Waals surface area contributed by atoms with Crippen molar-refractivity contribution >= 4 is 5.97 Å². The summed E-state index contributed by atoms with van der Waals surface area (Å²) in [5, 5.41) is 0. The highest BCUT2D eigenvalue weighted by Gasteiger charge is 2.62. The van der Waals surface area contributed by atoms with Crippen LogP contribution in [0, 0.1) is 29.6 Å². The zero-order valence-corrected chi connectivity index (χ0v) is 11.7. The number of esters is 1. The summed E-state index contributed by atoms with van der Waals surface area (Å²) < 4.78 is 15.8. The van der Waals surface area contributed by atoms with Crippen LogP contribution in [0.15, 0.2) is 0 Å². The van der Waals surface area contributed by atoms with Crippen LogP contribution in [-0.4, -0.2) is 39.0 Å². The van der Waals surface area contributed by atoms with E-state index < -0.39 is 0 Å². The van der Waals surface area contributed by atoms with Crippen LogP contribution in [0.4, 0.5) is 0 Å². The molecular formula is C15H24O4. The number of carbonyl (C=O) groups is 1. The Labute approximate surface area is 114 Å². The molecule has 0 radical (unpaired) electrons. The van der Waals surface area contributed by atoms with Crippen molar-refractivity contribution in [3.05, 3.63) is 0 Å². The van der Waals surface area contributed by atoms with Gasteiger partial charge in [0.15, 0.2) is 0 Å². The molecule has 3 aliphatic carbocycles. The van der Waals surface area contributed by atoms with E-state index in [9.17, 15) is 4.79 Å². The smallest absolute Gasteiger partial charge is 0.309 e. The normalized spacial score (nSPS) is 38.3. The number of ether oxygens (including phenoxy) is 3. The minimum Gasteiger partial charge on any atom is -0.463 e. The maximum Gasteiger partial charge on any atom is 0.309 e. The van der Waals surface area contributed by atoms with Crippen molar-refractivity contribution in [2.75, 3.05) is 33.0 Å². The molecule has 4 heteroatoms. The lowest BCUT2D eigenvalue weighted by Crippen LogP contribution is -2.26. The minimum absolute atomic E-state index is 0.0197. The van der Waals surface area contributed by atoms with Gasteiger partial charge in [0.25, 0.3) is 0 Å². The molecule has 0 amide bonds. The molecule has 0 heterocycles. The first-order valence-corrected chi connectivity index (χ1v) is 7.63. The van der Waals surface area contributed by atoms with Crippen LogP contribution < -0.4 is 0 Å². The maximum absolute atomic E-state index is 12.0. The molecule has 0 aromatic heterocycles. The van der Waals surface area contributed by atoms with Crippen molar-refractivity contribution < 1.29 is 19.0 Å². The molecule has 19 heavy (non-hydrogen) atoms. The van der Waals surface area contributed by atoms with E-state index in [2.05, 4.69) is 0 Å². The standard InChI is InChI=1S/C15H24O4/c1-2-17-3-4-18-5-6-19-15(16)14-8-10-7-12(14)13-9-11(10)13/h10-14H,2-9H2,1H3. The van der Waals surface area contributed by atoms with Crippen LogP contribution in [0.3, 0.4) is 0 Å². The third-order valence-electron chi connectivity index (χ3n) is 5.05. The lowest BCUT2D eigenvalue weighted by molar-refractivity contribution is -0.152. The second-order valence-electron chi connectivity index (χ2n) is 6.04. The van der Waals surface area contributed by atoms with Gasteiger partial charge in [-0.25, -0.2) is 0 Å². The van der Waals surface area contributed by atoms with E-state index in [0.717, 1.165) is 24.2 Å². The third kappa shape index (κ3) is 2.79. The Bertz CT molecular complexity index is 330. The molecule has 0 N–H and O–H groups in total. The summed E-state index contributed by atoms with van der Waals surface area (Å²) in [4.78, 5) is 12.0. The van der Waals surface area contributed by atoms with Crippen LogP contribution in [0.2, 0.25) is 0 Å². The van der Waals surface area contributed by atoms with Gasteiger partial charge in [0, 0.05) is 6.61 Å². The van der Waals surface area contributed by atoms with Gasteiger partial charge >= 0.3 is 5.97 Å². The number of rotatable bonds is 8. The van der Waals surface area contributed by atoms with E-state index in [4.69, 9.17) is 14.2 Å².